The molecular formula is C29H33N7O2. The number of aromatic nitrogens is 6. The lowest BCUT2D eigenvalue weighted by Gasteiger charge is -2.16. The van der Waals surface area contributed by atoms with Crippen molar-refractivity contribution >= 4 is 33.5 Å². The van der Waals surface area contributed by atoms with Crippen molar-refractivity contribution in [3.05, 3.63) is 54.6 Å². The number of aliphatic hydroxyl groups is 1. The zero-order valence-electron chi connectivity index (χ0n) is 22.1. The molecule has 4 N–H and O–H groups in total. The number of aliphatic hydroxyl groups excluding tert-OH is 1. The van der Waals surface area contributed by atoms with Gasteiger partial charge in [0.1, 0.15) is 5.69 Å². The summed E-state index contributed by atoms with van der Waals surface area (Å²) in [6.45, 7) is 7.69. The second-order valence-corrected chi connectivity index (χ2v) is 10.2. The summed E-state index contributed by atoms with van der Waals surface area (Å²) in [5.41, 5.74) is 6.95. The third-order valence-corrected chi connectivity index (χ3v) is 6.94. The number of nitrogens with one attached hydrogen (secondary N) is 3. The lowest BCUT2D eigenvalue weighted by molar-refractivity contribution is -0.118. The first-order chi connectivity index (χ1) is 18.3. The summed E-state index contributed by atoms with van der Waals surface area (Å²) >= 11 is 0. The van der Waals surface area contributed by atoms with Crippen LogP contribution in [0, 0.1) is 5.92 Å². The van der Waals surface area contributed by atoms with E-state index in [0.29, 0.717) is 11.5 Å². The molecule has 0 aliphatic rings. The third kappa shape index (κ3) is 5.15. The Morgan fingerprint density at radius 1 is 1.00 bits per heavy atom. The highest BCUT2D eigenvalue weighted by atomic mass is 16.3. The van der Waals surface area contributed by atoms with Gasteiger partial charge in [0.2, 0.25) is 5.91 Å². The maximum absolute atomic E-state index is 12.1. The Morgan fingerprint density at radius 3 is 2.58 bits per heavy atom. The van der Waals surface area contributed by atoms with Crippen LogP contribution < -0.4 is 5.32 Å². The Balaban J connectivity index is 1.51. The molecule has 0 bridgehead atoms. The first kappa shape index (κ1) is 25.5. The number of imidazole rings is 1. The van der Waals surface area contributed by atoms with Crippen LogP contribution in [-0.2, 0) is 4.79 Å². The summed E-state index contributed by atoms with van der Waals surface area (Å²) in [6.07, 6.45) is 9.32. The Kier molecular flexibility index (Phi) is 7.20. The van der Waals surface area contributed by atoms with Crippen molar-refractivity contribution in [1.82, 2.24) is 30.1 Å². The number of aromatic amines is 2. The molecule has 0 spiro atoms. The largest absolute Gasteiger partial charge is 0.393 e. The van der Waals surface area contributed by atoms with Crippen molar-refractivity contribution in [3.63, 3.8) is 0 Å². The SMILES string of the molecule is CCC(CCC(C)O)c1cncc2[nH]c(-c3n[nH]c4ccc(-c5cncc(NC(=O)C(C)C)c5)cc34)nc12. The second-order valence-electron chi connectivity index (χ2n) is 10.2. The molecule has 0 saturated carbocycles. The molecule has 0 radical (unpaired) electrons. The Bertz CT molecular complexity index is 1580. The van der Waals surface area contributed by atoms with Gasteiger partial charge in [-0.1, -0.05) is 26.8 Å². The van der Waals surface area contributed by atoms with Gasteiger partial charge in [-0.15, -0.1) is 0 Å². The molecule has 9 nitrogen and oxygen atoms in total. The fraction of sp³-hybridized carbons (Fsp3) is 0.345. The molecule has 196 valence electrons. The number of pyridine rings is 2. The van der Waals surface area contributed by atoms with Crippen molar-refractivity contribution in [1.29, 1.82) is 0 Å². The van der Waals surface area contributed by atoms with E-state index in [9.17, 15) is 9.90 Å². The molecule has 1 amide bonds. The van der Waals surface area contributed by atoms with Gasteiger partial charge in [-0.05, 0) is 55.9 Å². The normalized spacial score (nSPS) is 13.3. The molecule has 0 saturated heterocycles. The van der Waals surface area contributed by atoms with Gasteiger partial charge < -0.3 is 15.4 Å². The highest BCUT2D eigenvalue weighted by Crippen LogP contribution is 2.34. The number of hydrogen-bond donors (Lipinski definition) is 4. The van der Waals surface area contributed by atoms with Gasteiger partial charge >= 0.3 is 0 Å². The summed E-state index contributed by atoms with van der Waals surface area (Å²) in [4.78, 5) is 29.3. The molecule has 4 heterocycles. The predicted octanol–water partition coefficient (Wildman–Crippen LogP) is 5.81. The molecule has 2 atom stereocenters. The Labute approximate surface area is 221 Å². The van der Waals surface area contributed by atoms with Gasteiger partial charge in [0.25, 0.3) is 0 Å². The maximum Gasteiger partial charge on any atom is 0.226 e. The minimum atomic E-state index is -0.335. The molecule has 0 aliphatic heterocycles. The minimum absolute atomic E-state index is 0.0496. The smallest absolute Gasteiger partial charge is 0.226 e. The Morgan fingerprint density at radius 2 is 1.82 bits per heavy atom. The van der Waals surface area contributed by atoms with E-state index in [1.54, 1.807) is 18.6 Å². The summed E-state index contributed by atoms with van der Waals surface area (Å²) < 4.78 is 0. The van der Waals surface area contributed by atoms with E-state index < -0.39 is 0 Å². The number of rotatable bonds is 9. The average molecular weight is 512 g/mol. The van der Waals surface area contributed by atoms with Gasteiger partial charge in [-0.25, -0.2) is 4.98 Å². The van der Waals surface area contributed by atoms with Crippen LogP contribution in [0.3, 0.4) is 0 Å². The van der Waals surface area contributed by atoms with Crippen molar-refractivity contribution < 1.29 is 9.90 Å². The van der Waals surface area contributed by atoms with Gasteiger partial charge in [0.05, 0.1) is 40.7 Å². The number of H-pyrrole nitrogens is 2. The highest BCUT2D eigenvalue weighted by Gasteiger charge is 2.19. The number of amides is 1. The van der Waals surface area contributed by atoms with Crippen LogP contribution in [0.15, 0.2) is 49.1 Å². The zero-order chi connectivity index (χ0) is 26.8. The van der Waals surface area contributed by atoms with E-state index >= 15 is 0 Å². The van der Waals surface area contributed by atoms with E-state index in [0.717, 1.165) is 63.6 Å². The van der Waals surface area contributed by atoms with Gasteiger partial charge in [-0.3, -0.25) is 19.9 Å². The highest BCUT2D eigenvalue weighted by molar-refractivity contribution is 5.96. The average Bonchev–Trinajstić information content (AvgIpc) is 3.53. The molecule has 5 rings (SSSR count). The molecule has 0 fully saturated rings. The lowest BCUT2D eigenvalue weighted by atomic mass is 9.91. The number of carbonyl (C=O) groups excluding carboxylic acids is 1. The van der Waals surface area contributed by atoms with Crippen LogP contribution >= 0.6 is 0 Å². The minimum Gasteiger partial charge on any atom is -0.393 e. The van der Waals surface area contributed by atoms with Crippen molar-refractivity contribution in [2.75, 3.05) is 5.32 Å². The maximum atomic E-state index is 12.1. The molecule has 9 heteroatoms. The van der Waals surface area contributed by atoms with E-state index in [4.69, 9.17) is 4.98 Å². The summed E-state index contributed by atoms with van der Waals surface area (Å²) in [5.74, 6) is 0.759. The van der Waals surface area contributed by atoms with Gasteiger partial charge in [0, 0.05) is 34.8 Å². The number of benzene rings is 1. The molecular weight excluding hydrogens is 478 g/mol. The van der Waals surface area contributed by atoms with Crippen LogP contribution in [0.2, 0.25) is 0 Å². The fourth-order valence-electron chi connectivity index (χ4n) is 4.71. The second kappa shape index (κ2) is 10.7. The summed E-state index contributed by atoms with van der Waals surface area (Å²) in [5, 5.41) is 21.3. The van der Waals surface area contributed by atoms with E-state index in [1.807, 2.05) is 45.2 Å². The van der Waals surface area contributed by atoms with Crippen LogP contribution in [-0.4, -0.2) is 47.3 Å². The third-order valence-electron chi connectivity index (χ3n) is 6.94. The quantitative estimate of drug-likeness (QED) is 0.197. The van der Waals surface area contributed by atoms with Crippen molar-refractivity contribution in [2.24, 2.45) is 5.92 Å². The van der Waals surface area contributed by atoms with Gasteiger partial charge in [0.15, 0.2) is 5.82 Å². The lowest BCUT2D eigenvalue weighted by Crippen LogP contribution is -2.17. The van der Waals surface area contributed by atoms with Gasteiger partial charge in [-0.2, -0.15) is 5.10 Å². The molecule has 38 heavy (non-hydrogen) atoms. The Hall–Kier alpha value is -4.11. The van der Waals surface area contributed by atoms with E-state index in [1.165, 1.54) is 0 Å². The number of nitrogens with zero attached hydrogens (tertiary/aromatic N) is 4. The first-order valence-electron chi connectivity index (χ1n) is 13.1. The molecule has 5 aromatic rings. The molecule has 1 aromatic carbocycles. The fourth-order valence-corrected chi connectivity index (χ4v) is 4.71. The number of fused-ring (bicyclic) bond motifs is 2. The summed E-state index contributed by atoms with van der Waals surface area (Å²) in [7, 11) is 0. The van der Waals surface area contributed by atoms with E-state index in [2.05, 4.69) is 43.5 Å². The topological polar surface area (TPSA) is 132 Å². The number of anilines is 1. The van der Waals surface area contributed by atoms with Crippen LogP contribution in [0.1, 0.15) is 58.4 Å². The van der Waals surface area contributed by atoms with Crippen molar-refractivity contribution in [3.8, 4) is 22.6 Å². The summed E-state index contributed by atoms with van der Waals surface area (Å²) in [6, 6.07) is 7.97. The predicted molar refractivity (Wildman–Crippen MR) is 150 cm³/mol. The first-order valence-corrected chi connectivity index (χ1v) is 13.1. The van der Waals surface area contributed by atoms with Crippen molar-refractivity contribution in [2.45, 2.75) is 59.0 Å². The number of carbonyl (C=O) groups is 1. The van der Waals surface area contributed by atoms with E-state index in [-0.39, 0.29) is 23.8 Å². The zero-order valence-corrected chi connectivity index (χ0v) is 22.1. The number of hydrogen-bond acceptors (Lipinski definition) is 6. The van der Waals surface area contributed by atoms with Crippen LogP contribution in [0.25, 0.3) is 44.6 Å². The molecule has 0 aliphatic carbocycles. The van der Waals surface area contributed by atoms with Crippen LogP contribution in [0.4, 0.5) is 5.69 Å². The standard InChI is InChI=1S/C29H33N7O2/c1-5-18(7-6-17(4)37)23-14-31-15-25-26(23)34-28(33-25)27-22-11-19(8-9-24(22)35-36-27)20-10-21(13-30-12-20)32-29(38)16(2)3/h8-18,37H,5-7H2,1-4H3,(H,32,38)(H,33,34)(H,35,36). The molecule has 4 aromatic heterocycles. The van der Waals surface area contributed by atoms with Crippen LogP contribution in [0.5, 0.6) is 0 Å². The molecule has 2 unspecified atom stereocenters. The monoisotopic (exact) mass is 511 g/mol.